The van der Waals surface area contributed by atoms with Crippen LogP contribution in [0.2, 0.25) is 5.02 Å². The number of rotatable bonds is 7. The molecule has 1 unspecified atom stereocenters. The molecule has 3 N–H and O–H groups in total. The van der Waals surface area contributed by atoms with Gasteiger partial charge in [0.15, 0.2) is 0 Å². The minimum atomic E-state index is -0.279. The van der Waals surface area contributed by atoms with E-state index in [9.17, 15) is 9.59 Å². The lowest BCUT2D eigenvalue weighted by molar-refractivity contribution is -0.117. The van der Waals surface area contributed by atoms with Crippen molar-refractivity contribution >= 4 is 41.5 Å². The molecule has 0 spiro atoms. The maximum absolute atomic E-state index is 12.0. The molecule has 2 rings (SSSR count). The minimum absolute atomic E-state index is 0. The molecule has 0 aromatic heterocycles. The number of carbonyl (C=O) groups is 2. The topological polar surface area (TPSA) is 88.7 Å². The molecule has 0 bridgehead atoms. The molecule has 1 fully saturated rings. The largest absolute Gasteiger partial charge is 0.383 e. The van der Waals surface area contributed by atoms with E-state index < -0.39 is 0 Å². The van der Waals surface area contributed by atoms with Crippen molar-refractivity contribution in [3.63, 3.8) is 0 Å². The number of anilines is 1. The summed E-state index contributed by atoms with van der Waals surface area (Å²) in [7, 11) is 1.56. The Morgan fingerprint density at radius 1 is 1.44 bits per heavy atom. The van der Waals surface area contributed by atoms with Gasteiger partial charge in [-0.05, 0) is 18.2 Å². The Morgan fingerprint density at radius 2 is 2.24 bits per heavy atom. The zero-order chi connectivity index (χ0) is 17.4. The fourth-order valence-corrected chi connectivity index (χ4v) is 2.59. The van der Waals surface area contributed by atoms with E-state index in [2.05, 4.69) is 16.0 Å². The third-order valence-corrected chi connectivity index (χ3v) is 3.83. The smallest absolute Gasteiger partial charge is 0.252 e. The maximum atomic E-state index is 12.0. The molecule has 2 amide bonds. The molecule has 1 heterocycles. The van der Waals surface area contributed by atoms with Gasteiger partial charge in [-0.1, -0.05) is 11.6 Å². The molecule has 1 atom stereocenters. The number of ether oxygens (including phenoxy) is 2. The Bertz CT molecular complexity index is 580. The number of hydrogen-bond acceptors (Lipinski definition) is 5. The van der Waals surface area contributed by atoms with Crippen LogP contribution in [0.15, 0.2) is 18.2 Å². The van der Waals surface area contributed by atoms with Crippen LogP contribution < -0.4 is 16.0 Å². The van der Waals surface area contributed by atoms with E-state index in [0.29, 0.717) is 44.0 Å². The van der Waals surface area contributed by atoms with Crippen LogP contribution in [0, 0.1) is 0 Å². The van der Waals surface area contributed by atoms with Crippen LogP contribution in [-0.2, 0) is 14.3 Å². The van der Waals surface area contributed by atoms with Crippen molar-refractivity contribution in [3.05, 3.63) is 28.8 Å². The summed E-state index contributed by atoms with van der Waals surface area (Å²) >= 11 is 6.14. The normalized spacial score (nSPS) is 16.6. The van der Waals surface area contributed by atoms with Gasteiger partial charge in [0.1, 0.15) is 0 Å². The molecule has 1 aromatic carbocycles. The summed E-state index contributed by atoms with van der Waals surface area (Å²) in [6.45, 7) is 2.77. The van der Waals surface area contributed by atoms with Gasteiger partial charge in [0.05, 0.1) is 30.4 Å². The monoisotopic (exact) mass is 391 g/mol. The second-order valence-electron chi connectivity index (χ2n) is 5.42. The zero-order valence-electron chi connectivity index (χ0n) is 14.0. The number of methoxy groups -OCH3 is 1. The van der Waals surface area contributed by atoms with Crippen LogP contribution in [0.3, 0.4) is 0 Å². The first-order valence-corrected chi connectivity index (χ1v) is 8.15. The summed E-state index contributed by atoms with van der Waals surface area (Å²) in [5.74, 6) is -0.412. The predicted octanol–water partition coefficient (Wildman–Crippen LogP) is 1.46. The van der Waals surface area contributed by atoms with Crippen LogP contribution in [0.25, 0.3) is 0 Å². The molecule has 7 nitrogen and oxygen atoms in total. The Labute approximate surface area is 158 Å². The number of amides is 2. The third-order valence-electron chi connectivity index (χ3n) is 3.52. The van der Waals surface area contributed by atoms with Gasteiger partial charge < -0.3 is 25.4 Å². The highest BCUT2D eigenvalue weighted by Crippen LogP contribution is 2.21. The first-order chi connectivity index (χ1) is 11.6. The molecular weight excluding hydrogens is 369 g/mol. The van der Waals surface area contributed by atoms with E-state index in [0.717, 1.165) is 6.54 Å². The van der Waals surface area contributed by atoms with Gasteiger partial charge in [0.2, 0.25) is 5.91 Å². The first kappa shape index (κ1) is 21.7. The lowest BCUT2D eigenvalue weighted by Gasteiger charge is -2.23. The van der Waals surface area contributed by atoms with Crippen molar-refractivity contribution in [1.29, 1.82) is 0 Å². The second kappa shape index (κ2) is 11.3. The van der Waals surface area contributed by atoms with E-state index in [1.807, 2.05) is 0 Å². The molecule has 1 aliphatic rings. The fraction of sp³-hybridized carbons (Fsp3) is 0.500. The molecule has 0 radical (unpaired) electrons. The molecule has 25 heavy (non-hydrogen) atoms. The Hall–Kier alpha value is -1.38. The van der Waals surface area contributed by atoms with Crippen LogP contribution in [0.1, 0.15) is 16.8 Å². The summed E-state index contributed by atoms with van der Waals surface area (Å²) in [5.41, 5.74) is 0.906. The number of benzene rings is 1. The zero-order valence-corrected chi connectivity index (χ0v) is 15.5. The maximum Gasteiger partial charge on any atom is 0.252 e. The number of carbonyl (C=O) groups excluding carboxylic acids is 2. The van der Waals surface area contributed by atoms with Crippen LogP contribution in [0.5, 0.6) is 0 Å². The van der Waals surface area contributed by atoms with Gasteiger partial charge in [-0.3, -0.25) is 9.59 Å². The third kappa shape index (κ3) is 7.17. The quantitative estimate of drug-likeness (QED) is 0.612. The predicted molar refractivity (Wildman–Crippen MR) is 98.8 cm³/mol. The summed E-state index contributed by atoms with van der Waals surface area (Å²) in [4.78, 5) is 24.0. The lowest BCUT2D eigenvalue weighted by atomic mass is 10.1. The molecule has 0 aliphatic carbocycles. The average Bonchev–Trinajstić information content (AvgIpc) is 2.56. The van der Waals surface area contributed by atoms with Crippen molar-refractivity contribution in [3.8, 4) is 0 Å². The number of morpholine rings is 1. The van der Waals surface area contributed by atoms with Crippen molar-refractivity contribution in [2.75, 3.05) is 45.3 Å². The minimum Gasteiger partial charge on any atom is -0.383 e. The molecule has 0 saturated carbocycles. The Morgan fingerprint density at radius 3 is 2.88 bits per heavy atom. The fourth-order valence-electron chi connectivity index (χ4n) is 2.33. The molecular formula is C16H23Cl2N3O4. The Kier molecular flexibility index (Phi) is 9.77. The van der Waals surface area contributed by atoms with Gasteiger partial charge in [-0.25, -0.2) is 0 Å². The highest BCUT2D eigenvalue weighted by molar-refractivity contribution is 6.34. The highest BCUT2D eigenvalue weighted by atomic mass is 35.5. The number of nitrogens with one attached hydrogen (secondary N) is 3. The van der Waals surface area contributed by atoms with E-state index in [4.69, 9.17) is 21.1 Å². The van der Waals surface area contributed by atoms with Crippen molar-refractivity contribution in [2.24, 2.45) is 0 Å². The van der Waals surface area contributed by atoms with E-state index in [-0.39, 0.29) is 35.3 Å². The molecule has 1 aromatic rings. The van der Waals surface area contributed by atoms with Gasteiger partial charge in [0.25, 0.3) is 5.91 Å². The van der Waals surface area contributed by atoms with E-state index >= 15 is 0 Å². The molecule has 1 saturated heterocycles. The summed E-state index contributed by atoms with van der Waals surface area (Å²) in [6, 6.07) is 4.82. The van der Waals surface area contributed by atoms with E-state index in [1.54, 1.807) is 25.3 Å². The summed E-state index contributed by atoms with van der Waals surface area (Å²) in [5, 5.41) is 8.98. The number of halogens is 2. The first-order valence-electron chi connectivity index (χ1n) is 7.78. The van der Waals surface area contributed by atoms with Crippen molar-refractivity contribution in [2.45, 2.75) is 12.5 Å². The van der Waals surface area contributed by atoms with Gasteiger partial charge in [0, 0.05) is 38.3 Å². The number of hydrogen-bond donors (Lipinski definition) is 3. The van der Waals surface area contributed by atoms with Crippen molar-refractivity contribution in [1.82, 2.24) is 10.6 Å². The molecule has 9 heteroatoms. The van der Waals surface area contributed by atoms with Crippen LogP contribution >= 0.6 is 24.0 Å². The average molecular weight is 392 g/mol. The second-order valence-corrected chi connectivity index (χ2v) is 5.83. The molecule has 1 aliphatic heterocycles. The van der Waals surface area contributed by atoms with E-state index in [1.165, 1.54) is 0 Å². The standard InChI is InChI=1S/C16H22ClN3O4.ClH/c1-23-6-4-19-16(22)13-3-2-11(8-14(13)17)20-15(21)9-12-10-24-7-5-18-12;/h2-3,8,12,18H,4-7,9-10H2,1H3,(H,19,22)(H,20,21);1H. The van der Waals surface area contributed by atoms with Gasteiger partial charge in [-0.15, -0.1) is 12.4 Å². The summed E-state index contributed by atoms with van der Waals surface area (Å²) in [6.07, 6.45) is 0.316. The summed E-state index contributed by atoms with van der Waals surface area (Å²) < 4.78 is 10.2. The van der Waals surface area contributed by atoms with Gasteiger partial charge >= 0.3 is 0 Å². The van der Waals surface area contributed by atoms with Crippen LogP contribution in [0.4, 0.5) is 5.69 Å². The van der Waals surface area contributed by atoms with Crippen LogP contribution in [-0.4, -0.2) is 57.9 Å². The van der Waals surface area contributed by atoms with Crippen molar-refractivity contribution < 1.29 is 19.1 Å². The highest BCUT2D eigenvalue weighted by Gasteiger charge is 2.17. The SMILES string of the molecule is COCCNC(=O)c1ccc(NC(=O)CC2COCCN2)cc1Cl.Cl. The Balaban J connectivity index is 0.00000312. The lowest BCUT2D eigenvalue weighted by Crippen LogP contribution is -2.43. The van der Waals surface area contributed by atoms with Gasteiger partial charge in [-0.2, -0.15) is 0 Å². The molecule has 140 valence electrons.